The van der Waals surface area contributed by atoms with E-state index in [0.717, 1.165) is 17.0 Å². The number of hydrogen-bond donors (Lipinski definition) is 3. The predicted octanol–water partition coefficient (Wildman–Crippen LogP) is 2.26. The standard InChI is InChI=1S/C20H25FN6O3S/c1-13-11-31-19(25-13)9-23-5-6-26(12-22)18-4-3-15(7-17(18)21)27-10-16(30-20(27)29)8-24-14(2)28/h3-4,7,11-12,16,22-23H,5-6,8-10H2,1-2H3,(H,24,28)/t16-/m0/s1. The van der Waals surface area contributed by atoms with Gasteiger partial charge in [0, 0.05) is 37.6 Å². The van der Waals surface area contributed by atoms with E-state index in [9.17, 15) is 14.0 Å². The van der Waals surface area contributed by atoms with Gasteiger partial charge in [0.25, 0.3) is 0 Å². The van der Waals surface area contributed by atoms with Crippen LogP contribution in [0.3, 0.4) is 0 Å². The van der Waals surface area contributed by atoms with E-state index in [1.54, 1.807) is 17.4 Å². The van der Waals surface area contributed by atoms with E-state index >= 15 is 0 Å². The van der Waals surface area contributed by atoms with Gasteiger partial charge in [-0.1, -0.05) is 0 Å². The van der Waals surface area contributed by atoms with E-state index in [1.165, 1.54) is 28.9 Å². The number of nitrogens with one attached hydrogen (secondary N) is 3. The molecule has 1 saturated heterocycles. The number of carbonyl (C=O) groups excluding carboxylic acids is 2. The minimum Gasteiger partial charge on any atom is -0.442 e. The normalized spacial score (nSPS) is 15.6. The van der Waals surface area contributed by atoms with Crippen LogP contribution in [0.2, 0.25) is 0 Å². The molecule has 1 aliphatic heterocycles. The third-order valence-corrected chi connectivity index (χ3v) is 5.60. The lowest BCUT2D eigenvalue weighted by Crippen LogP contribution is -2.33. The van der Waals surface area contributed by atoms with Crippen LogP contribution in [0.1, 0.15) is 17.6 Å². The second-order valence-corrected chi connectivity index (χ2v) is 8.01. The number of ether oxygens (including phenoxy) is 1. The largest absolute Gasteiger partial charge is 0.442 e. The van der Waals surface area contributed by atoms with Crippen LogP contribution < -0.4 is 20.4 Å². The molecule has 1 fully saturated rings. The monoisotopic (exact) mass is 448 g/mol. The number of nitrogens with zero attached hydrogens (tertiary/aromatic N) is 3. The number of rotatable bonds is 10. The summed E-state index contributed by atoms with van der Waals surface area (Å²) in [5.74, 6) is -0.762. The molecule has 3 N–H and O–H groups in total. The van der Waals surface area contributed by atoms with Gasteiger partial charge in [-0.25, -0.2) is 14.2 Å². The van der Waals surface area contributed by atoms with E-state index in [0.29, 0.717) is 25.3 Å². The molecular weight excluding hydrogens is 423 g/mol. The van der Waals surface area contributed by atoms with Crippen molar-refractivity contribution in [3.05, 3.63) is 40.1 Å². The van der Waals surface area contributed by atoms with Crippen molar-refractivity contribution >= 4 is 41.1 Å². The lowest BCUT2D eigenvalue weighted by molar-refractivity contribution is -0.119. The molecule has 0 spiro atoms. The fourth-order valence-electron chi connectivity index (χ4n) is 3.13. The molecule has 2 heterocycles. The number of cyclic esters (lactones) is 1. The Bertz CT molecular complexity index is 953. The van der Waals surface area contributed by atoms with Crippen LogP contribution in [-0.4, -0.2) is 55.6 Å². The molecule has 0 aliphatic carbocycles. The van der Waals surface area contributed by atoms with E-state index < -0.39 is 18.0 Å². The maximum atomic E-state index is 14.8. The topological polar surface area (TPSA) is 111 Å². The molecule has 1 aliphatic rings. The van der Waals surface area contributed by atoms with Crippen molar-refractivity contribution in [2.75, 3.05) is 36.0 Å². The Morgan fingerprint density at radius 3 is 2.97 bits per heavy atom. The molecule has 0 bridgehead atoms. The minimum atomic E-state index is -0.590. The van der Waals surface area contributed by atoms with Gasteiger partial charge in [0.2, 0.25) is 5.91 Å². The molecule has 1 aromatic carbocycles. The molecule has 1 aromatic heterocycles. The zero-order valence-electron chi connectivity index (χ0n) is 17.4. The van der Waals surface area contributed by atoms with Crippen LogP contribution in [0.5, 0.6) is 0 Å². The zero-order chi connectivity index (χ0) is 22.4. The van der Waals surface area contributed by atoms with Gasteiger partial charge in [0.15, 0.2) is 0 Å². The number of aryl methyl sites for hydroxylation is 1. The number of hydrogen-bond acceptors (Lipinski definition) is 7. The van der Waals surface area contributed by atoms with Gasteiger partial charge in [-0.15, -0.1) is 11.3 Å². The third-order valence-electron chi connectivity index (χ3n) is 4.63. The number of amides is 2. The molecular formula is C20H25FN6O3S. The maximum Gasteiger partial charge on any atom is 0.414 e. The van der Waals surface area contributed by atoms with E-state index in [-0.39, 0.29) is 24.7 Å². The molecule has 11 heteroatoms. The second kappa shape index (κ2) is 10.3. The highest BCUT2D eigenvalue weighted by molar-refractivity contribution is 7.09. The van der Waals surface area contributed by atoms with Gasteiger partial charge in [-0.05, 0) is 25.1 Å². The van der Waals surface area contributed by atoms with Crippen LogP contribution in [0.4, 0.5) is 20.6 Å². The average Bonchev–Trinajstić information content (AvgIpc) is 3.32. The number of aromatic nitrogens is 1. The Morgan fingerprint density at radius 1 is 1.52 bits per heavy atom. The van der Waals surface area contributed by atoms with Crippen molar-refractivity contribution in [1.29, 1.82) is 5.41 Å². The average molecular weight is 449 g/mol. The number of anilines is 2. The lowest BCUT2D eigenvalue weighted by atomic mass is 10.2. The van der Waals surface area contributed by atoms with Crippen LogP contribution in [0, 0.1) is 18.2 Å². The maximum absolute atomic E-state index is 14.8. The van der Waals surface area contributed by atoms with Gasteiger partial charge in [0.05, 0.1) is 30.8 Å². The number of halogens is 1. The Morgan fingerprint density at radius 2 is 2.32 bits per heavy atom. The van der Waals surface area contributed by atoms with Crippen LogP contribution in [-0.2, 0) is 16.1 Å². The summed E-state index contributed by atoms with van der Waals surface area (Å²) in [6, 6.07) is 4.40. The van der Waals surface area contributed by atoms with Crippen molar-refractivity contribution in [1.82, 2.24) is 15.6 Å². The number of carbonyl (C=O) groups is 2. The van der Waals surface area contributed by atoms with Gasteiger partial charge in [-0.3, -0.25) is 15.1 Å². The third kappa shape index (κ3) is 5.98. The van der Waals surface area contributed by atoms with Crippen molar-refractivity contribution in [3.8, 4) is 0 Å². The molecule has 2 aromatic rings. The lowest BCUT2D eigenvalue weighted by Gasteiger charge is -2.21. The van der Waals surface area contributed by atoms with E-state index in [2.05, 4.69) is 15.6 Å². The van der Waals surface area contributed by atoms with Crippen molar-refractivity contribution in [2.24, 2.45) is 0 Å². The molecule has 3 rings (SSSR count). The predicted molar refractivity (Wildman–Crippen MR) is 117 cm³/mol. The number of benzene rings is 1. The molecule has 0 radical (unpaired) electrons. The summed E-state index contributed by atoms with van der Waals surface area (Å²) in [7, 11) is 0. The molecule has 0 unspecified atom stereocenters. The first-order chi connectivity index (χ1) is 14.9. The zero-order valence-corrected chi connectivity index (χ0v) is 18.2. The number of thiazole rings is 1. The minimum absolute atomic E-state index is 0.202. The van der Waals surface area contributed by atoms with Gasteiger partial charge >= 0.3 is 6.09 Å². The summed E-state index contributed by atoms with van der Waals surface area (Å²) in [6.07, 6.45) is -0.0149. The molecule has 166 valence electrons. The molecule has 0 saturated carbocycles. The van der Waals surface area contributed by atoms with Gasteiger partial charge in [-0.2, -0.15) is 0 Å². The Labute approximate surface area is 183 Å². The highest BCUT2D eigenvalue weighted by atomic mass is 32.1. The van der Waals surface area contributed by atoms with Gasteiger partial charge < -0.3 is 20.3 Å². The molecule has 1 atom stereocenters. The van der Waals surface area contributed by atoms with E-state index in [1.807, 2.05) is 12.3 Å². The van der Waals surface area contributed by atoms with Crippen molar-refractivity contribution in [3.63, 3.8) is 0 Å². The van der Waals surface area contributed by atoms with Crippen LogP contribution in [0.15, 0.2) is 23.6 Å². The SMILES string of the molecule is CC(=O)NC[C@H]1CN(c2ccc(N(C=N)CCNCc3nc(C)cs3)c(F)c2)C(=O)O1. The Kier molecular flexibility index (Phi) is 7.53. The first kappa shape index (κ1) is 22.6. The second-order valence-electron chi connectivity index (χ2n) is 7.07. The summed E-state index contributed by atoms with van der Waals surface area (Å²) < 4.78 is 20.0. The van der Waals surface area contributed by atoms with Crippen molar-refractivity contribution in [2.45, 2.75) is 26.5 Å². The van der Waals surface area contributed by atoms with Crippen LogP contribution >= 0.6 is 11.3 Å². The van der Waals surface area contributed by atoms with Crippen LogP contribution in [0.25, 0.3) is 0 Å². The smallest absolute Gasteiger partial charge is 0.414 e. The van der Waals surface area contributed by atoms with E-state index in [4.69, 9.17) is 10.1 Å². The summed E-state index contributed by atoms with van der Waals surface area (Å²) in [5, 5.41) is 16.4. The first-order valence-electron chi connectivity index (χ1n) is 9.78. The fraction of sp³-hybridized carbons (Fsp3) is 0.400. The Balaban J connectivity index is 1.57. The highest BCUT2D eigenvalue weighted by Gasteiger charge is 2.32. The summed E-state index contributed by atoms with van der Waals surface area (Å²) in [4.78, 5) is 30.3. The summed E-state index contributed by atoms with van der Waals surface area (Å²) in [6.45, 7) is 5.29. The first-order valence-corrected chi connectivity index (χ1v) is 10.7. The summed E-state index contributed by atoms with van der Waals surface area (Å²) in [5.41, 5.74) is 1.58. The fourth-order valence-corrected chi connectivity index (χ4v) is 3.87. The Hall–Kier alpha value is -3.05. The highest BCUT2D eigenvalue weighted by Crippen LogP contribution is 2.27. The van der Waals surface area contributed by atoms with Gasteiger partial charge in [0.1, 0.15) is 16.9 Å². The molecule has 31 heavy (non-hydrogen) atoms. The van der Waals surface area contributed by atoms with Crippen molar-refractivity contribution < 1.29 is 18.7 Å². The molecule has 9 nitrogen and oxygen atoms in total. The quantitative estimate of drug-likeness (QED) is 0.292. The summed E-state index contributed by atoms with van der Waals surface area (Å²) >= 11 is 1.58. The molecule has 2 amide bonds.